The van der Waals surface area contributed by atoms with E-state index in [1.165, 1.54) is 6.08 Å². The summed E-state index contributed by atoms with van der Waals surface area (Å²) in [5.74, 6) is -0.118. The van der Waals surface area contributed by atoms with Gasteiger partial charge < -0.3 is 14.6 Å². The molecule has 5 heteroatoms. The summed E-state index contributed by atoms with van der Waals surface area (Å²) in [6, 6.07) is 0. The monoisotopic (exact) mass is 412 g/mol. The Bertz CT molecular complexity index is 931. The maximum absolute atomic E-state index is 13.8. The van der Waals surface area contributed by atoms with Gasteiger partial charge in [0.1, 0.15) is 11.4 Å². The topological polar surface area (TPSA) is 72.8 Å². The summed E-state index contributed by atoms with van der Waals surface area (Å²) < 4.78 is 11.8. The molecular weight excluding hydrogens is 380 g/mol. The summed E-state index contributed by atoms with van der Waals surface area (Å²) >= 11 is 0. The van der Waals surface area contributed by atoms with Crippen molar-refractivity contribution < 1.29 is 24.2 Å². The number of hydrogen-bond acceptors (Lipinski definition) is 5. The van der Waals surface area contributed by atoms with Crippen molar-refractivity contribution in [3.05, 3.63) is 46.3 Å². The SMILES string of the molecule is CC(C)=C[C@H]1O[C@@](C)(CC=C2OC(=O)C=C2C)C2=C1[C@@H](C)[C@@H]1CC[C@H](C)[C@]1(O)C2=O. The van der Waals surface area contributed by atoms with Gasteiger partial charge in [0.25, 0.3) is 0 Å². The zero-order valence-corrected chi connectivity index (χ0v) is 18.7. The number of fused-ring (bicyclic) bond motifs is 1. The molecule has 1 saturated carbocycles. The van der Waals surface area contributed by atoms with Crippen LogP contribution in [-0.2, 0) is 19.1 Å². The molecule has 0 radical (unpaired) electrons. The van der Waals surface area contributed by atoms with Crippen LogP contribution in [0.15, 0.2) is 46.3 Å². The molecule has 1 fully saturated rings. The van der Waals surface area contributed by atoms with Crippen LogP contribution in [0.4, 0.5) is 0 Å². The van der Waals surface area contributed by atoms with Crippen molar-refractivity contribution in [3.8, 4) is 0 Å². The van der Waals surface area contributed by atoms with Crippen LogP contribution in [0.3, 0.4) is 0 Å². The van der Waals surface area contributed by atoms with Gasteiger partial charge in [0, 0.05) is 24.0 Å². The van der Waals surface area contributed by atoms with Crippen LogP contribution in [0.5, 0.6) is 0 Å². The molecule has 6 atom stereocenters. The Balaban J connectivity index is 1.79. The van der Waals surface area contributed by atoms with Crippen LogP contribution < -0.4 is 0 Å². The molecule has 1 N–H and O–H groups in total. The third-order valence-electron chi connectivity index (χ3n) is 7.52. The van der Waals surface area contributed by atoms with E-state index in [2.05, 4.69) is 13.0 Å². The van der Waals surface area contributed by atoms with Crippen molar-refractivity contribution in [2.75, 3.05) is 0 Å². The fraction of sp³-hybridized carbons (Fsp3) is 0.600. The standard InChI is InChI=1S/C25H32O5/c1-13(2)11-19-21-16(5)17-8-7-15(4)25(17,28)23(27)22(21)24(6,30-19)10-9-18-14(3)12-20(26)29-18/h9,11-12,15-17,19,28H,7-8,10H2,1-6H3/t15-,16-,17-,19+,24-,25+/m0/s1. The van der Waals surface area contributed by atoms with Crippen molar-refractivity contribution in [1.82, 2.24) is 0 Å². The van der Waals surface area contributed by atoms with Gasteiger partial charge in [-0.1, -0.05) is 25.5 Å². The Morgan fingerprint density at radius 2 is 1.97 bits per heavy atom. The van der Waals surface area contributed by atoms with Gasteiger partial charge in [0.05, 0.1) is 11.7 Å². The predicted octanol–water partition coefficient (Wildman–Crippen LogP) is 4.18. The first-order chi connectivity index (χ1) is 14.0. The lowest BCUT2D eigenvalue weighted by molar-refractivity contribution is -0.146. The van der Waals surface area contributed by atoms with E-state index in [1.807, 2.05) is 40.7 Å². The van der Waals surface area contributed by atoms with E-state index in [1.54, 1.807) is 0 Å². The van der Waals surface area contributed by atoms with Gasteiger partial charge >= 0.3 is 5.97 Å². The van der Waals surface area contributed by atoms with E-state index in [0.29, 0.717) is 17.8 Å². The van der Waals surface area contributed by atoms with Gasteiger partial charge in [-0.3, -0.25) is 4.79 Å². The van der Waals surface area contributed by atoms with E-state index in [4.69, 9.17) is 9.47 Å². The second kappa shape index (κ2) is 7.03. The Labute approximate surface area is 178 Å². The summed E-state index contributed by atoms with van der Waals surface area (Å²) in [5, 5.41) is 11.6. The first-order valence-electron chi connectivity index (χ1n) is 10.9. The molecule has 2 aliphatic carbocycles. The molecule has 2 heterocycles. The molecule has 5 nitrogen and oxygen atoms in total. The van der Waals surface area contributed by atoms with Gasteiger partial charge in [0.2, 0.25) is 0 Å². The van der Waals surface area contributed by atoms with Crippen molar-refractivity contribution in [2.45, 2.75) is 78.1 Å². The number of esters is 1. The lowest BCUT2D eigenvalue weighted by atomic mass is 9.62. The second-order valence-corrected chi connectivity index (χ2v) is 9.89. The van der Waals surface area contributed by atoms with Crippen molar-refractivity contribution in [2.24, 2.45) is 17.8 Å². The molecule has 0 aromatic carbocycles. The molecule has 0 aromatic heterocycles. The minimum atomic E-state index is -1.33. The molecule has 2 aliphatic heterocycles. The molecule has 162 valence electrons. The van der Waals surface area contributed by atoms with E-state index in [9.17, 15) is 14.7 Å². The van der Waals surface area contributed by atoms with E-state index >= 15 is 0 Å². The third-order valence-corrected chi connectivity index (χ3v) is 7.52. The maximum Gasteiger partial charge on any atom is 0.336 e. The lowest BCUT2D eigenvalue weighted by Gasteiger charge is -2.42. The molecule has 0 unspecified atom stereocenters. The van der Waals surface area contributed by atoms with E-state index in [-0.39, 0.29) is 35.6 Å². The number of carbonyl (C=O) groups excluding carboxylic acids is 2. The number of carbonyl (C=O) groups is 2. The van der Waals surface area contributed by atoms with Crippen LogP contribution in [0.2, 0.25) is 0 Å². The van der Waals surface area contributed by atoms with Crippen molar-refractivity contribution in [3.63, 3.8) is 0 Å². The summed E-state index contributed by atoms with van der Waals surface area (Å²) in [4.78, 5) is 25.4. The molecule has 0 aromatic rings. The first-order valence-corrected chi connectivity index (χ1v) is 10.9. The molecule has 4 rings (SSSR count). The number of allylic oxidation sites excluding steroid dienone is 2. The summed E-state index contributed by atoms with van der Waals surface area (Å²) in [6.45, 7) is 11.9. The highest BCUT2D eigenvalue weighted by molar-refractivity contribution is 6.06. The molecule has 0 amide bonds. The van der Waals surface area contributed by atoms with Crippen LogP contribution in [0, 0.1) is 17.8 Å². The van der Waals surface area contributed by atoms with Crippen molar-refractivity contribution in [1.29, 1.82) is 0 Å². The summed E-state index contributed by atoms with van der Waals surface area (Å²) in [7, 11) is 0. The normalized spacial score (nSPS) is 41.7. The van der Waals surface area contributed by atoms with Crippen molar-refractivity contribution >= 4 is 11.8 Å². The highest BCUT2D eigenvalue weighted by atomic mass is 16.5. The molecular formula is C25H32O5. The largest absolute Gasteiger partial charge is 0.423 e. The van der Waals surface area contributed by atoms with E-state index in [0.717, 1.165) is 29.6 Å². The number of Topliss-reactive ketones (excluding diaryl/α,β-unsaturated/α-hetero) is 1. The quantitative estimate of drug-likeness (QED) is 0.556. The zero-order chi connectivity index (χ0) is 22.0. The zero-order valence-electron chi connectivity index (χ0n) is 18.7. The highest BCUT2D eigenvalue weighted by Gasteiger charge is 2.63. The number of rotatable bonds is 3. The average Bonchev–Trinajstić information content (AvgIpc) is 3.24. The van der Waals surface area contributed by atoms with Crippen LogP contribution in [-0.4, -0.2) is 34.2 Å². The number of ketones is 1. The van der Waals surface area contributed by atoms with Gasteiger partial charge in [-0.05, 0) is 69.6 Å². The Morgan fingerprint density at radius 1 is 1.27 bits per heavy atom. The number of aliphatic hydroxyl groups is 1. The molecule has 0 saturated heterocycles. The molecule has 4 aliphatic rings. The van der Waals surface area contributed by atoms with Gasteiger partial charge in [-0.15, -0.1) is 0 Å². The Hall–Kier alpha value is -1.98. The van der Waals surface area contributed by atoms with Gasteiger partial charge in [-0.2, -0.15) is 0 Å². The van der Waals surface area contributed by atoms with Gasteiger partial charge in [-0.25, -0.2) is 4.79 Å². The number of hydrogen-bond donors (Lipinski definition) is 1. The summed E-state index contributed by atoms with van der Waals surface area (Å²) in [5.41, 5.74) is 1.31. The minimum absolute atomic E-state index is 0.0636. The fourth-order valence-corrected chi connectivity index (χ4v) is 5.92. The lowest BCUT2D eigenvalue weighted by Crippen LogP contribution is -2.55. The Morgan fingerprint density at radius 3 is 2.57 bits per heavy atom. The number of ether oxygens (including phenoxy) is 2. The minimum Gasteiger partial charge on any atom is -0.423 e. The smallest absolute Gasteiger partial charge is 0.336 e. The van der Waals surface area contributed by atoms with Crippen LogP contribution in [0.25, 0.3) is 0 Å². The van der Waals surface area contributed by atoms with Crippen LogP contribution >= 0.6 is 0 Å². The van der Waals surface area contributed by atoms with Gasteiger partial charge in [0.15, 0.2) is 5.78 Å². The molecule has 0 spiro atoms. The molecule has 0 bridgehead atoms. The highest BCUT2D eigenvalue weighted by Crippen LogP contribution is 2.57. The average molecular weight is 413 g/mol. The maximum atomic E-state index is 13.8. The molecule has 30 heavy (non-hydrogen) atoms. The third kappa shape index (κ3) is 2.97. The second-order valence-electron chi connectivity index (χ2n) is 9.89. The van der Waals surface area contributed by atoms with Crippen LogP contribution in [0.1, 0.15) is 60.8 Å². The number of cyclic esters (lactones) is 1. The first kappa shape index (κ1) is 21.3. The predicted molar refractivity (Wildman–Crippen MR) is 113 cm³/mol. The summed E-state index contributed by atoms with van der Waals surface area (Å²) in [6.07, 6.45) is 7.17. The fourth-order valence-electron chi connectivity index (χ4n) is 5.92. The Kier molecular flexibility index (Phi) is 4.98. The van der Waals surface area contributed by atoms with E-state index < -0.39 is 11.2 Å².